The fraction of sp³-hybridized carbons (Fsp3) is 0.846. The van der Waals surface area contributed by atoms with E-state index in [2.05, 4.69) is 0 Å². The van der Waals surface area contributed by atoms with Crippen LogP contribution in [0.3, 0.4) is 0 Å². The number of hydrogen-bond donors (Lipinski definition) is 1. The Morgan fingerprint density at radius 2 is 1.94 bits per heavy atom. The van der Waals surface area contributed by atoms with Crippen LogP contribution in [0.5, 0.6) is 0 Å². The van der Waals surface area contributed by atoms with Crippen molar-refractivity contribution in [1.29, 1.82) is 0 Å². The van der Waals surface area contributed by atoms with Crippen molar-refractivity contribution >= 4 is 12.1 Å². The molecule has 0 aromatic carbocycles. The molecule has 1 N–H and O–H groups in total. The van der Waals surface area contributed by atoms with E-state index in [1.807, 2.05) is 0 Å². The third-order valence-electron chi connectivity index (χ3n) is 3.77. The maximum Gasteiger partial charge on any atom is 0.411 e. The zero-order valence-electron chi connectivity index (χ0n) is 11.2. The molecule has 0 aromatic rings. The standard InChI is InChI=1S/C13H21NO4/c1-13(2,3)18-12(17)14-7-8-5-4-6-9(8)10(14)11(15)16/h8-10H,4-7H2,1-3H3,(H,15,16)/t8-,9+,10-/m0/s1. The van der Waals surface area contributed by atoms with Crippen molar-refractivity contribution in [2.24, 2.45) is 11.8 Å². The van der Waals surface area contributed by atoms with E-state index in [1.54, 1.807) is 20.8 Å². The van der Waals surface area contributed by atoms with Crippen molar-refractivity contribution in [3.63, 3.8) is 0 Å². The van der Waals surface area contributed by atoms with E-state index in [4.69, 9.17) is 4.74 Å². The van der Waals surface area contributed by atoms with E-state index in [1.165, 1.54) is 4.90 Å². The monoisotopic (exact) mass is 255 g/mol. The zero-order chi connectivity index (χ0) is 13.5. The minimum Gasteiger partial charge on any atom is -0.480 e. The lowest BCUT2D eigenvalue weighted by molar-refractivity contribution is -0.143. The van der Waals surface area contributed by atoms with E-state index in [-0.39, 0.29) is 5.92 Å². The van der Waals surface area contributed by atoms with Crippen LogP contribution in [0.2, 0.25) is 0 Å². The lowest BCUT2D eigenvalue weighted by Crippen LogP contribution is -2.45. The molecule has 1 saturated heterocycles. The highest BCUT2D eigenvalue weighted by molar-refractivity contribution is 5.81. The Morgan fingerprint density at radius 1 is 1.28 bits per heavy atom. The first-order chi connectivity index (χ1) is 8.29. The van der Waals surface area contributed by atoms with Crippen molar-refractivity contribution in [3.8, 4) is 0 Å². The number of carbonyl (C=O) groups is 2. The van der Waals surface area contributed by atoms with Gasteiger partial charge in [0.2, 0.25) is 0 Å². The largest absolute Gasteiger partial charge is 0.480 e. The molecular formula is C13H21NO4. The number of likely N-dealkylation sites (tertiary alicyclic amines) is 1. The van der Waals surface area contributed by atoms with Gasteiger partial charge < -0.3 is 9.84 Å². The molecule has 0 unspecified atom stereocenters. The smallest absolute Gasteiger partial charge is 0.411 e. The van der Waals surface area contributed by atoms with Gasteiger partial charge in [-0.15, -0.1) is 0 Å². The molecule has 1 aliphatic heterocycles. The summed E-state index contributed by atoms with van der Waals surface area (Å²) >= 11 is 0. The summed E-state index contributed by atoms with van der Waals surface area (Å²) in [5.41, 5.74) is -0.585. The molecule has 3 atom stereocenters. The van der Waals surface area contributed by atoms with E-state index in [0.717, 1.165) is 19.3 Å². The van der Waals surface area contributed by atoms with Gasteiger partial charge in [0.1, 0.15) is 11.6 Å². The molecule has 1 amide bonds. The summed E-state index contributed by atoms with van der Waals surface area (Å²) < 4.78 is 5.29. The second-order valence-corrected chi connectivity index (χ2v) is 6.27. The number of fused-ring (bicyclic) bond motifs is 1. The second-order valence-electron chi connectivity index (χ2n) is 6.27. The maximum absolute atomic E-state index is 12.0. The summed E-state index contributed by atoms with van der Waals surface area (Å²) in [7, 11) is 0. The number of ether oxygens (including phenoxy) is 1. The molecule has 1 aliphatic carbocycles. The summed E-state index contributed by atoms with van der Waals surface area (Å²) in [6.45, 7) is 5.89. The van der Waals surface area contributed by atoms with Crippen molar-refractivity contribution < 1.29 is 19.4 Å². The van der Waals surface area contributed by atoms with Gasteiger partial charge in [-0.25, -0.2) is 9.59 Å². The van der Waals surface area contributed by atoms with E-state index in [0.29, 0.717) is 12.5 Å². The molecule has 1 saturated carbocycles. The van der Waals surface area contributed by atoms with Crippen LogP contribution in [-0.2, 0) is 9.53 Å². The van der Waals surface area contributed by atoms with Crippen LogP contribution in [-0.4, -0.2) is 40.3 Å². The van der Waals surface area contributed by atoms with Gasteiger partial charge >= 0.3 is 12.1 Å². The Bertz CT molecular complexity index is 360. The highest BCUT2D eigenvalue weighted by Gasteiger charge is 2.50. The number of amides is 1. The molecule has 5 nitrogen and oxygen atoms in total. The van der Waals surface area contributed by atoms with Gasteiger partial charge in [-0.1, -0.05) is 6.42 Å². The highest BCUT2D eigenvalue weighted by Crippen LogP contribution is 2.42. The molecule has 102 valence electrons. The summed E-state index contributed by atoms with van der Waals surface area (Å²) in [4.78, 5) is 24.8. The number of hydrogen-bond acceptors (Lipinski definition) is 3. The Labute approximate surface area is 107 Å². The van der Waals surface area contributed by atoms with E-state index in [9.17, 15) is 14.7 Å². The minimum atomic E-state index is -0.907. The normalized spacial score (nSPS) is 31.3. The number of carboxylic acid groups (broad SMARTS) is 1. The number of rotatable bonds is 1. The van der Waals surface area contributed by atoms with Crippen molar-refractivity contribution in [1.82, 2.24) is 4.90 Å². The zero-order valence-corrected chi connectivity index (χ0v) is 11.2. The predicted molar refractivity (Wildman–Crippen MR) is 65.2 cm³/mol. The number of carboxylic acids is 1. The molecule has 0 bridgehead atoms. The van der Waals surface area contributed by atoms with Crippen LogP contribution >= 0.6 is 0 Å². The van der Waals surface area contributed by atoms with Crippen LogP contribution in [0.1, 0.15) is 40.0 Å². The van der Waals surface area contributed by atoms with Crippen LogP contribution in [0.15, 0.2) is 0 Å². The predicted octanol–water partition coefficient (Wildman–Crippen LogP) is 2.11. The Morgan fingerprint density at radius 3 is 2.50 bits per heavy atom. The summed E-state index contributed by atoms with van der Waals surface area (Å²) in [5, 5.41) is 9.33. The lowest BCUT2D eigenvalue weighted by atomic mass is 9.94. The van der Waals surface area contributed by atoms with Crippen LogP contribution < -0.4 is 0 Å². The van der Waals surface area contributed by atoms with Crippen LogP contribution in [0.4, 0.5) is 4.79 Å². The molecule has 2 aliphatic rings. The van der Waals surface area contributed by atoms with Gasteiger partial charge in [-0.05, 0) is 45.4 Å². The van der Waals surface area contributed by atoms with Crippen LogP contribution in [0, 0.1) is 11.8 Å². The third-order valence-corrected chi connectivity index (χ3v) is 3.77. The van der Waals surface area contributed by atoms with Crippen LogP contribution in [0.25, 0.3) is 0 Å². The Hall–Kier alpha value is -1.26. The Kier molecular flexibility index (Phi) is 3.25. The Balaban J connectivity index is 2.12. The van der Waals surface area contributed by atoms with Gasteiger partial charge in [-0.3, -0.25) is 4.90 Å². The van der Waals surface area contributed by atoms with Crippen molar-refractivity contribution in [2.45, 2.75) is 51.7 Å². The molecule has 0 aromatic heterocycles. The average molecular weight is 255 g/mol. The van der Waals surface area contributed by atoms with Gasteiger partial charge in [0.25, 0.3) is 0 Å². The second kappa shape index (κ2) is 4.44. The van der Waals surface area contributed by atoms with Gasteiger partial charge in [-0.2, -0.15) is 0 Å². The fourth-order valence-corrected chi connectivity index (χ4v) is 3.13. The highest BCUT2D eigenvalue weighted by atomic mass is 16.6. The molecule has 2 rings (SSSR count). The third kappa shape index (κ3) is 2.44. The summed E-state index contributed by atoms with van der Waals surface area (Å²) in [5.74, 6) is -0.469. The maximum atomic E-state index is 12.0. The minimum absolute atomic E-state index is 0.106. The fourth-order valence-electron chi connectivity index (χ4n) is 3.13. The van der Waals surface area contributed by atoms with Gasteiger partial charge in [0, 0.05) is 6.54 Å². The molecule has 5 heteroatoms. The van der Waals surface area contributed by atoms with E-state index >= 15 is 0 Å². The summed E-state index contributed by atoms with van der Waals surface area (Å²) in [6, 6.07) is -0.702. The molecule has 18 heavy (non-hydrogen) atoms. The molecule has 0 radical (unpaired) electrons. The average Bonchev–Trinajstić information content (AvgIpc) is 2.70. The van der Waals surface area contributed by atoms with Crippen molar-refractivity contribution in [3.05, 3.63) is 0 Å². The molecule has 0 spiro atoms. The molecule has 2 fully saturated rings. The molecular weight excluding hydrogens is 234 g/mol. The van der Waals surface area contributed by atoms with Gasteiger partial charge in [0.05, 0.1) is 0 Å². The first-order valence-electron chi connectivity index (χ1n) is 6.52. The number of aliphatic carboxylic acids is 1. The molecule has 1 heterocycles. The topological polar surface area (TPSA) is 66.8 Å². The number of carbonyl (C=O) groups excluding carboxylic acids is 1. The summed E-state index contributed by atoms with van der Waals surface area (Å²) in [6.07, 6.45) is 2.50. The quantitative estimate of drug-likeness (QED) is 0.779. The lowest BCUT2D eigenvalue weighted by Gasteiger charge is -2.28. The van der Waals surface area contributed by atoms with E-state index < -0.39 is 23.7 Å². The SMILES string of the molecule is CC(C)(C)OC(=O)N1C[C@@H]2CCC[C@H]2[C@H]1C(=O)O. The van der Waals surface area contributed by atoms with Gasteiger partial charge in [0.15, 0.2) is 0 Å². The number of nitrogens with zero attached hydrogens (tertiary/aromatic N) is 1. The first-order valence-corrected chi connectivity index (χ1v) is 6.52. The van der Waals surface area contributed by atoms with Crippen molar-refractivity contribution in [2.75, 3.05) is 6.54 Å². The first kappa shape index (κ1) is 13.2.